The van der Waals surface area contributed by atoms with Crippen molar-refractivity contribution in [3.8, 4) is 0 Å². The number of aryl methyl sites for hydroxylation is 1. The number of benzene rings is 2. The van der Waals surface area contributed by atoms with Gasteiger partial charge in [-0.25, -0.2) is 0 Å². The van der Waals surface area contributed by atoms with Gasteiger partial charge in [-0.15, -0.1) is 0 Å². The predicted octanol–water partition coefficient (Wildman–Crippen LogP) is 4.54. The zero-order valence-electron chi connectivity index (χ0n) is 14.0. The van der Waals surface area contributed by atoms with Crippen LogP contribution < -0.4 is 10.2 Å². The molecule has 0 aromatic heterocycles. The van der Waals surface area contributed by atoms with Crippen LogP contribution in [0.3, 0.4) is 0 Å². The lowest BCUT2D eigenvalue weighted by molar-refractivity contribution is -0.116. The molecule has 8 heteroatoms. The minimum absolute atomic E-state index is 0.115. The summed E-state index contributed by atoms with van der Waals surface area (Å²) in [4.78, 5) is 38.6. The summed E-state index contributed by atoms with van der Waals surface area (Å²) in [6.45, 7) is 2.05. The third-order valence-electron chi connectivity index (χ3n) is 4.39. The van der Waals surface area contributed by atoms with Crippen LogP contribution in [0.5, 0.6) is 0 Å². The van der Waals surface area contributed by atoms with Crippen LogP contribution in [-0.2, 0) is 16.1 Å². The third-order valence-corrected chi connectivity index (χ3v) is 5.98. The number of fused-ring (bicyclic) bond motifs is 1. The highest BCUT2D eigenvalue weighted by Gasteiger charge is 2.40. The molecule has 5 nitrogen and oxygen atoms in total. The molecular weight excluding hydrogens is 407 g/mol. The average molecular weight is 419 g/mol. The van der Waals surface area contributed by atoms with Crippen molar-refractivity contribution in [1.29, 1.82) is 0 Å². The second-order valence-corrected chi connectivity index (χ2v) is 7.96. The summed E-state index contributed by atoms with van der Waals surface area (Å²) in [5.74, 6) is -0.919. The van der Waals surface area contributed by atoms with E-state index in [1.165, 1.54) is 4.90 Å². The first-order valence-corrected chi connectivity index (χ1v) is 9.57. The largest absolute Gasteiger partial charge is 0.303 e. The fourth-order valence-corrected chi connectivity index (χ4v) is 4.43. The number of halogens is 2. The summed E-state index contributed by atoms with van der Waals surface area (Å²) in [5, 5.41) is 2.62. The molecule has 0 aliphatic carbocycles. The Hall–Kier alpha value is -2.28. The maximum atomic E-state index is 13.2. The summed E-state index contributed by atoms with van der Waals surface area (Å²) in [6, 6.07) is 10.7. The fraction of sp³-hybridized carbons (Fsp3) is 0.105. The number of thioether (sulfide) groups is 1. The highest BCUT2D eigenvalue weighted by atomic mass is 35.5. The Bertz CT molecular complexity index is 1040. The van der Waals surface area contributed by atoms with Crippen molar-refractivity contribution in [3.63, 3.8) is 0 Å². The van der Waals surface area contributed by atoms with Crippen LogP contribution in [0.1, 0.15) is 16.7 Å². The van der Waals surface area contributed by atoms with Crippen molar-refractivity contribution in [1.82, 2.24) is 5.32 Å². The van der Waals surface area contributed by atoms with Gasteiger partial charge >= 0.3 is 0 Å². The van der Waals surface area contributed by atoms with Crippen molar-refractivity contribution < 1.29 is 14.4 Å². The van der Waals surface area contributed by atoms with E-state index in [0.29, 0.717) is 26.9 Å². The van der Waals surface area contributed by atoms with Gasteiger partial charge in [0.1, 0.15) is 0 Å². The summed E-state index contributed by atoms with van der Waals surface area (Å²) >= 11 is 13.3. The molecule has 1 saturated heterocycles. The molecule has 27 heavy (non-hydrogen) atoms. The second kappa shape index (κ2) is 6.71. The number of hydrogen-bond acceptors (Lipinski definition) is 4. The van der Waals surface area contributed by atoms with Crippen LogP contribution >= 0.6 is 35.0 Å². The number of nitrogens with one attached hydrogen (secondary N) is 1. The Balaban J connectivity index is 1.86. The lowest BCUT2D eigenvalue weighted by atomic mass is 10.0. The maximum Gasteiger partial charge on any atom is 0.290 e. The summed E-state index contributed by atoms with van der Waals surface area (Å²) < 4.78 is 0. The van der Waals surface area contributed by atoms with Crippen LogP contribution in [-0.4, -0.2) is 17.1 Å². The fourth-order valence-electron chi connectivity index (χ4n) is 3.14. The number of carbonyl (C=O) groups excluding carboxylic acids is 3. The SMILES string of the molecule is Cc1ccc2c(c1)/C(=C1/SC(=O)NC1=O)C(=O)N2Cc1c(Cl)cccc1Cl. The van der Waals surface area contributed by atoms with Crippen molar-refractivity contribution in [2.45, 2.75) is 13.5 Å². The van der Waals surface area contributed by atoms with Gasteiger partial charge < -0.3 is 4.90 Å². The Kier molecular flexibility index (Phi) is 4.50. The lowest BCUT2D eigenvalue weighted by Gasteiger charge is -2.19. The molecule has 3 amide bonds. The van der Waals surface area contributed by atoms with E-state index in [4.69, 9.17) is 23.2 Å². The molecule has 136 valence electrons. The number of carbonyl (C=O) groups is 3. The molecule has 2 aliphatic rings. The molecule has 0 atom stereocenters. The van der Waals surface area contributed by atoms with Crippen LogP contribution in [0, 0.1) is 6.92 Å². The van der Waals surface area contributed by atoms with Crippen molar-refractivity contribution in [2.24, 2.45) is 0 Å². The van der Waals surface area contributed by atoms with Crippen molar-refractivity contribution in [2.75, 3.05) is 4.90 Å². The molecule has 2 aromatic carbocycles. The maximum absolute atomic E-state index is 13.2. The average Bonchev–Trinajstić information content (AvgIpc) is 3.06. The Morgan fingerprint density at radius 1 is 1.07 bits per heavy atom. The highest BCUT2D eigenvalue weighted by Crippen LogP contribution is 2.44. The summed E-state index contributed by atoms with van der Waals surface area (Å²) in [5.41, 5.74) is 3.05. The first-order valence-electron chi connectivity index (χ1n) is 8.00. The number of amides is 3. The first-order chi connectivity index (χ1) is 12.9. The van der Waals surface area contributed by atoms with E-state index in [9.17, 15) is 14.4 Å². The van der Waals surface area contributed by atoms with E-state index in [2.05, 4.69) is 5.32 Å². The normalized spacial score (nSPS) is 18.9. The first kappa shape index (κ1) is 18.1. The van der Waals surface area contributed by atoms with E-state index in [0.717, 1.165) is 17.3 Å². The number of imide groups is 1. The molecule has 2 heterocycles. The lowest BCUT2D eigenvalue weighted by Crippen LogP contribution is -2.27. The zero-order valence-corrected chi connectivity index (χ0v) is 16.3. The molecule has 0 bridgehead atoms. The van der Waals surface area contributed by atoms with E-state index in [1.807, 2.05) is 25.1 Å². The molecule has 0 radical (unpaired) electrons. The van der Waals surface area contributed by atoms with Gasteiger partial charge in [-0.1, -0.05) is 40.9 Å². The molecule has 2 aromatic rings. The van der Waals surface area contributed by atoms with Crippen molar-refractivity contribution in [3.05, 3.63) is 68.0 Å². The van der Waals surface area contributed by atoms with E-state index in [1.54, 1.807) is 18.2 Å². The third kappa shape index (κ3) is 3.04. The minimum atomic E-state index is -0.557. The van der Waals surface area contributed by atoms with E-state index in [-0.39, 0.29) is 22.9 Å². The quantitative estimate of drug-likeness (QED) is 0.726. The Morgan fingerprint density at radius 2 is 1.78 bits per heavy atom. The minimum Gasteiger partial charge on any atom is -0.303 e. The topological polar surface area (TPSA) is 66.5 Å². The summed E-state index contributed by atoms with van der Waals surface area (Å²) in [7, 11) is 0. The van der Waals surface area contributed by atoms with Gasteiger partial charge in [-0.3, -0.25) is 19.7 Å². The van der Waals surface area contributed by atoms with E-state index >= 15 is 0 Å². The molecule has 0 unspecified atom stereocenters. The molecule has 1 fully saturated rings. The number of nitrogens with zero attached hydrogens (tertiary/aromatic N) is 1. The predicted molar refractivity (Wildman–Crippen MR) is 107 cm³/mol. The molecule has 0 spiro atoms. The van der Waals surface area contributed by atoms with Crippen LogP contribution in [0.15, 0.2) is 41.3 Å². The van der Waals surface area contributed by atoms with Gasteiger partial charge in [0.15, 0.2) is 0 Å². The highest BCUT2D eigenvalue weighted by molar-refractivity contribution is 8.18. The zero-order chi connectivity index (χ0) is 19.3. The van der Waals surface area contributed by atoms with Gasteiger partial charge in [-0.2, -0.15) is 0 Å². The molecular formula is C19H12Cl2N2O3S. The molecule has 2 aliphatic heterocycles. The standard InChI is InChI=1S/C19H12Cl2N2O3S/c1-9-5-6-14-10(7-9)15(16-17(24)22-19(26)27-16)18(25)23(14)8-11-12(20)3-2-4-13(11)21/h2-7H,8H2,1H3,(H,22,24,26)/b16-15-. The monoisotopic (exact) mass is 418 g/mol. The number of hydrogen-bond donors (Lipinski definition) is 1. The Labute approximate surface area is 169 Å². The summed E-state index contributed by atoms with van der Waals surface area (Å²) in [6.07, 6.45) is 0. The van der Waals surface area contributed by atoms with Gasteiger partial charge in [-0.05, 0) is 43.0 Å². The van der Waals surface area contributed by atoms with Crippen LogP contribution in [0.25, 0.3) is 5.57 Å². The molecule has 0 saturated carbocycles. The molecule has 1 N–H and O–H groups in total. The number of rotatable bonds is 2. The van der Waals surface area contributed by atoms with E-state index < -0.39 is 11.1 Å². The number of anilines is 1. The van der Waals surface area contributed by atoms with Gasteiger partial charge in [0.2, 0.25) is 0 Å². The van der Waals surface area contributed by atoms with Crippen molar-refractivity contribution >= 4 is 63.3 Å². The van der Waals surface area contributed by atoms with Gasteiger partial charge in [0.05, 0.1) is 22.7 Å². The Morgan fingerprint density at radius 3 is 2.41 bits per heavy atom. The van der Waals surface area contributed by atoms with Gasteiger partial charge in [0.25, 0.3) is 17.1 Å². The smallest absolute Gasteiger partial charge is 0.290 e. The van der Waals surface area contributed by atoms with Gasteiger partial charge in [0, 0.05) is 21.2 Å². The molecule has 4 rings (SSSR count). The second-order valence-electron chi connectivity index (χ2n) is 6.16. The van der Waals surface area contributed by atoms with Crippen LogP contribution in [0.2, 0.25) is 10.0 Å². The van der Waals surface area contributed by atoms with Crippen LogP contribution in [0.4, 0.5) is 10.5 Å².